The van der Waals surface area contributed by atoms with E-state index in [4.69, 9.17) is 4.98 Å². The molecular weight excluding hydrogens is 547 g/mol. The Labute approximate surface area is 241 Å². The van der Waals surface area contributed by atoms with Crippen molar-refractivity contribution in [1.29, 1.82) is 0 Å². The van der Waals surface area contributed by atoms with Crippen molar-refractivity contribution in [3.05, 3.63) is 47.7 Å². The maximum Gasteiger partial charge on any atom is 0.270 e. The SMILES string of the molecule is CC(C)n1nccc1C(=O)N[C@H](c1cn2ncc([C@H](NC(=O)[C@]34C[C@](F)(C3)C4)C3CC3)cc2n1)C1CCC(F)(F)CC1. The first-order chi connectivity index (χ1) is 19.9. The van der Waals surface area contributed by atoms with Gasteiger partial charge in [-0.05, 0) is 88.3 Å². The van der Waals surface area contributed by atoms with Gasteiger partial charge in [-0.3, -0.25) is 14.3 Å². The van der Waals surface area contributed by atoms with Crippen molar-refractivity contribution in [2.45, 2.75) is 101 Å². The van der Waals surface area contributed by atoms with Crippen molar-refractivity contribution in [3.8, 4) is 0 Å². The molecule has 0 aliphatic heterocycles. The normalized spacial score (nSPS) is 28.1. The predicted octanol–water partition coefficient (Wildman–Crippen LogP) is 5.26. The fourth-order valence-electron chi connectivity index (χ4n) is 7.28. The number of halogens is 3. The summed E-state index contributed by atoms with van der Waals surface area (Å²) < 4.78 is 45.4. The van der Waals surface area contributed by atoms with Crippen molar-refractivity contribution >= 4 is 17.5 Å². The van der Waals surface area contributed by atoms with Gasteiger partial charge in [-0.2, -0.15) is 10.2 Å². The van der Waals surface area contributed by atoms with Crippen molar-refractivity contribution in [1.82, 2.24) is 35.0 Å². The number of imidazole rings is 1. The Morgan fingerprint density at radius 3 is 2.31 bits per heavy atom. The summed E-state index contributed by atoms with van der Waals surface area (Å²) in [6.07, 6.45) is 7.96. The van der Waals surface area contributed by atoms with Gasteiger partial charge in [0.15, 0.2) is 5.65 Å². The number of nitrogens with zero attached hydrogens (tertiary/aromatic N) is 5. The molecule has 0 spiro atoms. The highest BCUT2D eigenvalue weighted by Gasteiger charge is 2.73. The van der Waals surface area contributed by atoms with Gasteiger partial charge < -0.3 is 10.6 Å². The van der Waals surface area contributed by atoms with E-state index < -0.39 is 23.0 Å². The molecule has 5 fully saturated rings. The van der Waals surface area contributed by atoms with E-state index in [-0.39, 0.29) is 55.5 Å². The summed E-state index contributed by atoms with van der Waals surface area (Å²) in [6, 6.07) is 2.68. The molecule has 0 radical (unpaired) electrons. The molecule has 5 aliphatic rings. The van der Waals surface area contributed by atoms with E-state index in [1.165, 1.54) is 0 Å². The van der Waals surface area contributed by atoms with Crippen LogP contribution in [0, 0.1) is 17.3 Å². The smallest absolute Gasteiger partial charge is 0.270 e. The zero-order valence-corrected chi connectivity index (χ0v) is 23.8. The Morgan fingerprint density at radius 2 is 1.67 bits per heavy atom. The molecule has 12 heteroatoms. The molecule has 42 heavy (non-hydrogen) atoms. The highest BCUT2D eigenvalue weighted by molar-refractivity contribution is 5.92. The van der Waals surface area contributed by atoms with E-state index in [2.05, 4.69) is 20.8 Å². The summed E-state index contributed by atoms with van der Waals surface area (Å²) in [6.45, 7) is 3.86. The van der Waals surface area contributed by atoms with Crippen molar-refractivity contribution in [2.24, 2.45) is 17.3 Å². The second kappa shape index (κ2) is 9.54. The first kappa shape index (κ1) is 27.4. The average Bonchev–Trinajstić information content (AvgIpc) is 3.46. The number of carbonyl (C=O) groups excluding carboxylic acids is 2. The Kier molecular flexibility index (Phi) is 6.22. The van der Waals surface area contributed by atoms with Crippen LogP contribution >= 0.6 is 0 Å². The lowest BCUT2D eigenvalue weighted by molar-refractivity contribution is -0.214. The number of alkyl halides is 3. The van der Waals surface area contributed by atoms with Gasteiger partial charge in [0.25, 0.3) is 5.91 Å². The maximum atomic E-state index is 14.1. The van der Waals surface area contributed by atoms with Crippen LogP contribution in [0.25, 0.3) is 5.65 Å². The Morgan fingerprint density at radius 1 is 0.976 bits per heavy atom. The van der Waals surface area contributed by atoms with E-state index in [0.29, 0.717) is 42.2 Å². The highest BCUT2D eigenvalue weighted by Crippen LogP contribution is 2.69. The molecule has 224 valence electrons. The monoisotopic (exact) mass is 583 g/mol. The number of amides is 2. The van der Waals surface area contributed by atoms with Gasteiger partial charge in [0.05, 0.1) is 35.6 Å². The molecule has 3 heterocycles. The summed E-state index contributed by atoms with van der Waals surface area (Å²) >= 11 is 0. The zero-order valence-electron chi connectivity index (χ0n) is 23.8. The number of rotatable bonds is 9. The Bertz CT molecular complexity index is 1510. The largest absolute Gasteiger partial charge is 0.348 e. The van der Waals surface area contributed by atoms with E-state index >= 15 is 0 Å². The minimum Gasteiger partial charge on any atom is -0.348 e. The number of nitrogens with one attached hydrogen (secondary N) is 2. The van der Waals surface area contributed by atoms with Crippen LogP contribution in [0.1, 0.15) is 112 Å². The Balaban J connectivity index is 1.16. The lowest BCUT2D eigenvalue weighted by atomic mass is 9.42. The van der Waals surface area contributed by atoms with Crippen LogP contribution in [0.15, 0.2) is 30.7 Å². The number of hydrogen-bond acceptors (Lipinski definition) is 5. The van der Waals surface area contributed by atoms with Crippen LogP contribution in [0.4, 0.5) is 13.2 Å². The minimum absolute atomic E-state index is 0.0296. The van der Waals surface area contributed by atoms with Gasteiger partial charge >= 0.3 is 0 Å². The quantitative estimate of drug-likeness (QED) is 0.357. The number of fused-ring (bicyclic) bond motifs is 1. The fraction of sp³-hybridized carbons (Fsp3) is 0.633. The summed E-state index contributed by atoms with van der Waals surface area (Å²) in [7, 11) is 0. The lowest BCUT2D eigenvalue weighted by Crippen LogP contribution is -2.70. The highest BCUT2D eigenvalue weighted by atomic mass is 19.3. The second-order valence-corrected chi connectivity index (χ2v) is 13.4. The molecule has 3 aromatic heterocycles. The topological polar surface area (TPSA) is 106 Å². The van der Waals surface area contributed by atoms with Gasteiger partial charge in [0.2, 0.25) is 11.8 Å². The van der Waals surface area contributed by atoms with Crippen LogP contribution in [0.3, 0.4) is 0 Å². The molecule has 0 aromatic carbocycles. The fourth-order valence-corrected chi connectivity index (χ4v) is 7.28. The summed E-state index contributed by atoms with van der Waals surface area (Å²) in [5, 5.41) is 15.1. The van der Waals surface area contributed by atoms with Crippen LogP contribution in [-0.4, -0.2) is 47.8 Å². The lowest BCUT2D eigenvalue weighted by Gasteiger charge is -2.64. The first-order valence-electron chi connectivity index (χ1n) is 15.0. The summed E-state index contributed by atoms with van der Waals surface area (Å²) in [5.74, 6) is -3.06. The molecule has 2 bridgehead atoms. The van der Waals surface area contributed by atoms with Crippen molar-refractivity contribution < 1.29 is 22.8 Å². The molecule has 2 amide bonds. The van der Waals surface area contributed by atoms with Crippen molar-refractivity contribution in [2.75, 3.05) is 0 Å². The van der Waals surface area contributed by atoms with Crippen molar-refractivity contribution in [3.63, 3.8) is 0 Å². The molecule has 8 rings (SSSR count). The average molecular weight is 584 g/mol. The van der Waals surface area contributed by atoms with Gasteiger partial charge in [-0.25, -0.2) is 22.7 Å². The molecule has 5 aliphatic carbocycles. The maximum absolute atomic E-state index is 14.1. The molecule has 5 saturated carbocycles. The predicted molar refractivity (Wildman–Crippen MR) is 146 cm³/mol. The number of aromatic nitrogens is 5. The van der Waals surface area contributed by atoms with E-state index in [0.717, 1.165) is 18.4 Å². The van der Waals surface area contributed by atoms with Crippen LogP contribution < -0.4 is 10.6 Å². The van der Waals surface area contributed by atoms with Crippen LogP contribution in [-0.2, 0) is 4.79 Å². The Hall–Kier alpha value is -3.44. The third-order valence-electron chi connectivity index (χ3n) is 9.78. The molecule has 3 aromatic rings. The zero-order chi connectivity index (χ0) is 29.4. The number of hydrogen-bond donors (Lipinski definition) is 2. The molecule has 2 N–H and O–H groups in total. The van der Waals surface area contributed by atoms with Gasteiger partial charge in [-0.1, -0.05) is 0 Å². The van der Waals surface area contributed by atoms with Crippen LogP contribution in [0.2, 0.25) is 0 Å². The molecule has 0 unspecified atom stereocenters. The minimum atomic E-state index is -2.71. The van der Waals surface area contributed by atoms with E-state index in [9.17, 15) is 22.8 Å². The molecule has 9 nitrogen and oxygen atoms in total. The van der Waals surface area contributed by atoms with Crippen LogP contribution in [0.5, 0.6) is 0 Å². The first-order valence-corrected chi connectivity index (χ1v) is 15.0. The standard InChI is InChI=1S/C30H36F3N7O2/c1-17(2)40-22(7-10-34-40)26(41)37-25(19-5-8-30(32,33)9-6-19)21-13-39-23(36-21)11-20(12-35-39)24(18-3-4-18)38-27(42)28-14-29(31,15-28)16-28/h7,10-13,17-19,24-25H,3-6,8-9,14-16H2,1-2H3,(H,37,41)(H,38,42)/t24-,25+,28-,29+/m1/s1. The third-order valence-corrected chi connectivity index (χ3v) is 9.78. The summed E-state index contributed by atoms with van der Waals surface area (Å²) in [5.41, 5.74) is 0.610. The molecule has 2 atom stereocenters. The van der Waals surface area contributed by atoms with Gasteiger partial charge in [0.1, 0.15) is 11.4 Å². The number of carbonyl (C=O) groups is 2. The molecule has 0 saturated heterocycles. The third kappa shape index (κ3) is 4.76. The van der Waals surface area contributed by atoms with Gasteiger partial charge in [0, 0.05) is 25.1 Å². The van der Waals surface area contributed by atoms with Gasteiger partial charge in [-0.15, -0.1) is 0 Å². The van der Waals surface area contributed by atoms with E-state index in [1.807, 2.05) is 19.9 Å². The van der Waals surface area contributed by atoms with E-state index in [1.54, 1.807) is 33.9 Å². The molecular formula is C30H36F3N7O2. The summed E-state index contributed by atoms with van der Waals surface area (Å²) in [4.78, 5) is 31.3. The second-order valence-electron chi connectivity index (χ2n) is 13.4.